The molecule has 11 heteroatoms. The molecular weight excluding hydrogens is 666 g/mol. The third-order valence-electron chi connectivity index (χ3n) is 13.3. The summed E-state index contributed by atoms with van der Waals surface area (Å²) in [5, 5.41) is 0. The summed E-state index contributed by atoms with van der Waals surface area (Å²) in [5.74, 6) is 0.0198. The number of rotatable bonds is 9. The van der Waals surface area contributed by atoms with Gasteiger partial charge in [0.1, 0.15) is 24.4 Å². The Morgan fingerprint density at radius 2 is 1.58 bits per heavy atom. The largest absolute Gasteiger partial charge is 0.462 e. The van der Waals surface area contributed by atoms with Crippen LogP contribution in [-0.4, -0.2) is 120 Å². The Kier molecular flexibility index (Phi) is 13.4. The van der Waals surface area contributed by atoms with Crippen LogP contribution < -0.4 is 0 Å². The molecule has 0 aromatic carbocycles. The van der Waals surface area contributed by atoms with Crippen molar-refractivity contribution in [2.75, 3.05) is 35.4 Å². The summed E-state index contributed by atoms with van der Waals surface area (Å²) >= 11 is 0. The Labute approximate surface area is 311 Å². The second kappa shape index (κ2) is 17.4. The zero-order chi connectivity index (χ0) is 37.3. The van der Waals surface area contributed by atoms with E-state index in [2.05, 4.69) is 51.1 Å². The number of fused-ring (bicyclic) bond motifs is 5. The summed E-state index contributed by atoms with van der Waals surface area (Å²) in [4.78, 5) is 30.4. The summed E-state index contributed by atoms with van der Waals surface area (Å²) in [7, 11) is 9.15. The van der Waals surface area contributed by atoms with Crippen LogP contribution in [0.25, 0.3) is 0 Å². The molecule has 0 radical (unpaired) electrons. The van der Waals surface area contributed by atoms with E-state index in [0.29, 0.717) is 18.4 Å². The number of Topliss-reactive ketones (excluding diaryl/α,β-unsaturated/α-hetero) is 1. The molecule has 3 heterocycles. The van der Waals surface area contributed by atoms with Crippen molar-refractivity contribution < 1.29 is 47.5 Å². The van der Waals surface area contributed by atoms with Crippen molar-refractivity contribution in [3.8, 4) is 0 Å². The number of ketones is 1. The molecule has 6 rings (SSSR count). The van der Waals surface area contributed by atoms with Gasteiger partial charge in [-0.1, -0.05) is 32.1 Å². The van der Waals surface area contributed by atoms with E-state index in [1.807, 2.05) is 13.8 Å². The first kappa shape index (κ1) is 40.0. The zero-order valence-electron chi connectivity index (χ0n) is 32.9. The van der Waals surface area contributed by atoms with E-state index < -0.39 is 12.4 Å². The van der Waals surface area contributed by atoms with Gasteiger partial charge in [-0.05, 0) is 109 Å². The molecule has 294 valence electrons. The second-order valence-corrected chi connectivity index (χ2v) is 16.5. The fourth-order valence-electron chi connectivity index (χ4n) is 10.4. The third-order valence-corrected chi connectivity index (χ3v) is 13.3. The highest BCUT2D eigenvalue weighted by molar-refractivity contribution is 5.99. The van der Waals surface area contributed by atoms with Gasteiger partial charge in [-0.25, -0.2) is 0 Å². The fourth-order valence-corrected chi connectivity index (χ4v) is 10.4. The van der Waals surface area contributed by atoms with Crippen molar-refractivity contribution in [3.05, 3.63) is 23.8 Å². The highest BCUT2D eigenvalue weighted by Gasteiger charge is 2.52. The predicted molar refractivity (Wildman–Crippen MR) is 194 cm³/mol. The Bertz CT molecular complexity index is 1290. The molecule has 0 amide bonds. The molecule has 6 aliphatic rings. The van der Waals surface area contributed by atoms with Crippen LogP contribution >= 0.6 is 0 Å². The van der Waals surface area contributed by atoms with Gasteiger partial charge in [0, 0.05) is 39.2 Å². The number of hydrogen-bond donors (Lipinski definition) is 0. The number of cyclic esters (lactones) is 1. The minimum absolute atomic E-state index is 0.0380. The first-order valence-corrected chi connectivity index (χ1v) is 20.0. The van der Waals surface area contributed by atoms with E-state index in [0.717, 1.165) is 50.5 Å². The van der Waals surface area contributed by atoms with Crippen molar-refractivity contribution in [1.82, 2.24) is 4.90 Å². The van der Waals surface area contributed by atoms with Gasteiger partial charge in [-0.2, -0.15) is 0 Å². The topological polar surface area (TPSA) is 111 Å². The number of carbonyl (C=O) groups is 2. The molecule has 0 aromatic heterocycles. The van der Waals surface area contributed by atoms with Gasteiger partial charge in [-0.3, -0.25) is 9.59 Å². The van der Waals surface area contributed by atoms with Crippen molar-refractivity contribution in [1.29, 1.82) is 0 Å². The number of likely N-dealkylation sites (N-methyl/N-ethyl adjacent to an activating group) is 1. The first-order valence-electron chi connectivity index (χ1n) is 20.0. The lowest BCUT2D eigenvalue weighted by atomic mass is 9.70. The minimum atomic E-state index is -0.594. The van der Waals surface area contributed by atoms with Gasteiger partial charge < -0.3 is 42.8 Å². The van der Waals surface area contributed by atoms with Gasteiger partial charge in [0.2, 0.25) is 0 Å². The van der Waals surface area contributed by atoms with Crippen LogP contribution in [0.2, 0.25) is 0 Å². The quantitative estimate of drug-likeness (QED) is 0.222. The molecule has 0 spiro atoms. The van der Waals surface area contributed by atoms with Crippen LogP contribution in [0.5, 0.6) is 0 Å². The van der Waals surface area contributed by atoms with Gasteiger partial charge >= 0.3 is 5.97 Å². The molecule has 52 heavy (non-hydrogen) atoms. The molecule has 3 saturated heterocycles. The average molecular weight is 732 g/mol. The molecule has 3 aliphatic heterocycles. The first-order chi connectivity index (χ1) is 25.0. The molecule has 4 fully saturated rings. The summed E-state index contributed by atoms with van der Waals surface area (Å²) in [6.07, 6.45) is 10.8. The third kappa shape index (κ3) is 8.27. The smallest absolute Gasteiger partial charge is 0.306 e. The molecule has 11 nitrogen and oxygen atoms in total. The highest BCUT2D eigenvalue weighted by Crippen LogP contribution is 2.54. The molecule has 0 unspecified atom stereocenters. The van der Waals surface area contributed by atoms with Crippen LogP contribution in [0.1, 0.15) is 85.5 Å². The lowest BCUT2D eigenvalue weighted by molar-refractivity contribution is -0.314. The van der Waals surface area contributed by atoms with Crippen LogP contribution in [-0.2, 0) is 47.5 Å². The number of esters is 1. The van der Waals surface area contributed by atoms with E-state index in [1.165, 1.54) is 0 Å². The van der Waals surface area contributed by atoms with Gasteiger partial charge in [0.25, 0.3) is 0 Å². The van der Waals surface area contributed by atoms with Gasteiger partial charge in [-0.15, -0.1) is 0 Å². The normalized spacial score (nSPS) is 45.7. The van der Waals surface area contributed by atoms with Crippen LogP contribution in [0.15, 0.2) is 23.8 Å². The number of methoxy groups -OCH3 is 3. The number of carbonyl (C=O) groups excluding carboxylic acids is 2. The number of allylic oxidation sites excluding steroid dienone is 4. The van der Waals surface area contributed by atoms with E-state index in [4.69, 9.17) is 37.9 Å². The lowest BCUT2D eigenvalue weighted by Gasteiger charge is -2.44. The zero-order valence-corrected chi connectivity index (χ0v) is 32.9. The standard InChI is InChI=1S/C41H65NO10/c1-10-26-12-11-13-34(52-36-17-16-33(42(5)6)23(3)48-36)22(2)37(44)32-20-30-28(31(32)21-35(43)50-26)15-14-25-18-27(19-29(25)30)51-41-40(47-9)39(46-8)38(45-7)24(4)49-41/h14-15,20,22-31,33-34,36,38-41H,10-13,16-19,21H2,1-9H3/t22-,23-,24+,25-,26+,27-,28-,29-,30-,31+,33-,34+,36+,38+,39-,40-,41+/m1/s1. The monoisotopic (exact) mass is 731 g/mol. The van der Waals surface area contributed by atoms with E-state index in [-0.39, 0.29) is 96.8 Å². The number of ether oxygens (including phenoxy) is 8. The van der Waals surface area contributed by atoms with Crippen LogP contribution in [0.4, 0.5) is 0 Å². The average Bonchev–Trinajstić information content (AvgIpc) is 3.70. The van der Waals surface area contributed by atoms with E-state index in [1.54, 1.807) is 21.3 Å². The fraction of sp³-hybridized carbons (Fsp3) is 0.854. The SMILES string of the molecule is CC[C@H]1CCC[C@H](O[C@H]2CC[C@@H](N(C)C)[C@@H](C)O2)[C@@H](C)C(=O)C2=C[C@@H]3[C@@H](C=C[C@@H]4C[C@@H](O[C@@H]5O[C@@H](C)[C@H](OC)[C@@H](OC)[C@H]5OC)C[C@@H]34)[C@@H]2CC(=O)O1. The summed E-state index contributed by atoms with van der Waals surface area (Å²) in [6.45, 7) is 8.17. The second-order valence-electron chi connectivity index (χ2n) is 16.5. The van der Waals surface area contributed by atoms with Gasteiger partial charge in [0.05, 0.1) is 30.8 Å². The van der Waals surface area contributed by atoms with Crippen molar-refractivity contribution in [2.24, 2.45) is 35.5 Å². The van der Waals surface area contributed by atoms with Crippen LogP contribution in [0, 0.1) is 35.5 Å². The molecule has 0 N–H and O–H groups in total. The maximum absolute atomic E-state index is 14.7. The maximum atomic E-state index is 14.7. The Morgan fingerprint density at radius 3 is 2.25 bits per heavy atom. The maximum Gasteiger partial charge on any atom is 0.306 e. The van der Waals surface area contributed by atoms with Crippen molar-refractivity contribution in [3.63, 3.8) is 0 Å². The molecule has 0 bridgehead atoms. The Hall–Kier alpha value is -1.70. The number of hydrogen-bond acceptors (Lipinski definition) is 11. The van der Waals surface area contributed by atoms with Crippen molar-refractivity contribution >= 4 is 11.8 Å². The predicted octanol–water partition coefficient (Wildman–Crippen LogP) is 5.49. The van der Waals surface area contributed by atoms with E-state index >= 15 is 0 Å². The minimum Gasteiger partial charge on any atom is -0.462 e. The summed E-state index contributed by atoms with van der Waals surface area (Å²) < 4.78 is 49.5. The molecule has 3 aliphatic carbocycles. The molecule has 0 aromatic rings. The Balaban J connectivity index is 1.20. The number of nitrogens with zero attached hydrogens (tertiary/aromatic N) is 1. The molecular formula is C41H65NO10. The summed E-state index contributed by atoms with van der Waals surface area (Å²) in [6, 6.07) is 0.339. The van der Waals surface area contributed by atoms with Crippen molar-refractivity contribution in [2.45, 2.75) is 153 Å². The molecule has 17 atom stereocenters. The van der Waals surface area contributed by atoms with Gasteiger partial charge in [0.15, 0.2) is 18.4 Å². The van der Waals surface area contributed by atoms with Crippen LogP contribution in [0.3, 0.4) is 0 Å². The lowest BCUT2D eigenvalue weighted by Crippen LogP contribution is -2.59. The Morgan fingerprint density at radius 1 is 0.827 bits per heavy atom. The summed E-state index contributed by atoms with van der Waals surface area (Å²) in [5.41, 5.74) is 0.763. The van der Waals surface area contributed by atoms with E-state index in [9.17, 15) is 9.59 Å². The highest BCUT2D eigenvalue weighted by atomic mass is 16.7. The molecule has 1 saturated carbocycles.